The molecular weight excluding hydrogens is 595 g/mol. The number of para-hydroxylation sites is 4. The Balaban J connectivity index is 1.28. The van der Waals surface area contributed by atoms with Gasteiger partial charge in [0, 0.05) is 38.6 Å². The fourth-order valence-corrected chi connectivity index (χ4v) is 8.42. The highest BCUT2D eigenvalue weighted by Crippen LogP contribution is 2.47. The summed E-state index contributed by atoms with van der Waals surface area (Å²) < 4.78 is 2.43. The van der Waals surface area contributed by atoms with E-state index in [1.165, 1.54) is 42.4 Å². The average molecular weight is 622 g/mol. The highest BCUT2D eigenvalue weighted by molar-refractivity contribution is 7.26. The van der Waals surface area contributed by atoms with Crippen LogP contribution < -0.4 is 9.80 Å². The first-order chi connectivity index (χ1) is 23.3. The SMILES string of the molecule is c1ccc2c(c1)Cc1ccccc1N2c1nc(-c2cccc3c2sc2ccccc23)nc(N2c3ccccc3Cc3ccccc32)n1. The molecule has 5 nitrogen and oxygen atoms in total. The van der Waals surface area contributed by atoms with Crippen LogP contribution in [0.5, 0.6) is 0 Å². The van der Waals surface area contributed by atoms with Crippen molar-refractivity contribution >= 4 is 66.2 Å². The fraction of sp³-hybridized carbons (Fsp3) is 0.0488. The smallest absolute Gasteiger partial charge is 0.240 e. The molecule has 0 atom stereocenters. The van der Waals surface area contributed by atoms with Crippen LogP contribution in [-0.4, -0.2) is 15.0 Å². The van der Waals surface area contributed by atoms with Crippen molar-refractivity contribution in [1.82, 2.24) is 15.0 Å². The first-order valence-electron chi connectivity index (χ1n) is 15.9. The number of rotatable bonds is 3. The second-order valence-electron chi connectivity index (χ2n) is 12.1. The van der Waals surface area contributed by atoms with Crippen molar-refractivity contribution in [3.05, 3.63) is 162 Å². The lowest BCUT2D eigenvalue weighted by atomic mass is 9.96. The molecule has 2 aliphatic heterocycles. The summed E-state index contributed by atoms with van der Waals surface area (Å²) in [5, 5.41) is 2.47. The maximum absolute atomic E-state index is 5.36. The van der Waals surface area contributed by atoms with Gasteiger partial charge in [-0.2, -0.15) is 15.0 Å². The lowest BCUT2D eigenvalue weighted by Crippen LogP contribution is -2.24. The Bertz CT molecular complexity index is 2310. The molecule has 6 aromatic carbocycles. The van der Waals surface area contributed by atoms with E-state index in [9.17, 15) is 0 Å². The van der Waals surface area contributed by atoms with Crippen molar-refractivity contribution in [2.45, 2.75) is 12.8 Å². The van der Waals surface area contributed by atoms with Gasteiger partial charge in [-0.05, 0) is 58.7 Å². The Morgan fingerprint density at radius 1 is 0.426 bits per heavy atom. The lowest BCUT2D eigenvalue weighted by molar-refractivity contribution is 0.955. The van der Waals surface area contributed by atoms with Crippen LogP contribution in [0.15, 0.2) is 140 Å². The molecule has 47 heavy (non-hydrogen) atoms. The third-order valence-corrected chi connectivity index (χ3v) is 10.6. The molecule has 0 aliphatic carbocycles. The van der Waals surface area contributed by atoms with Gasteiger partial charge in [0.15, 0.2) is 5.82 Å². The molecule has 2 aliphatic rings. The highest BCUT2D eigenvalue weighted by atomic mass is 32.1. The van der Waals surface area contributed by atoms with Gasteiger partial charge in [-0.1, -0.05) is 103 Å². The molecule has 0 radical (unpaired) electrons. The summed E-state index contributed by atoms with van der Waals surface area (Å²) in [7, 11) is 0. The lowest BCUT2D eigenvalue weighted by Gasteiger charge is -2.34. The molecule has 0 amide bonds. The molecule has 0 unspecified atom stereocenters. The van der Waals surface area contributed by atoms with Crippen LogP contribution in [0.1, 0.15) is 22.3 Å². The summed E-state index contributed by atoms with van der Waals surface area (Å²) in [6, 6.07) is 49.4. The van der Waals surface area contributed by atoms with Gasteiger partial charge in [0.1, 0.15) is 0 Å². The zero-order valence-electron chi connectivity index (χ0n) is 25.3. The van der Waals surface area contributed by atoms with E-state index in [0.29, 0.717) is 17.7 Å². The average Bonchev–Trinajstić information content (AvgIpc) is 3.51. The quantitative estimate of drug-likeness (QED) is 0.196. The summed E-state index contributed by atoms with van der Waals surface area (Å²) in [4.78, 5) is 20.5. The van der Waals surface area contributed by atoms with Gasteiger partial charge in [-0.3, -0.25) is 9.80 Å². The van der Waals surface area contributed by atoms with Gasteiger partial charge in [-0.25, -0.2) is 0 Å². The number of hydrogen-bond donors (Lipinski definition) is 0. The molecule has 6 heteroatoms. The third kappa shape index (κ3) is 4.12. The Kier molecular flexibility index (Phi) is 5.80. The monoisotopic (exact) mass is 621 g/mol. The maximum atomic E-state index is 5.36. The number of hydrogen-bond acceptors (Lipinski definition) is 6. The fourth-order valence-electron chi connectivity index (χ4n) is 7.21. The number of benzene rings is 6. The van der Waals surface area contributed by atoms with Crippen LogP contribution in [0.3, 0.4) is 0 Å². The van der Waals surface area contributed by atoms with E-state index < -0.39 is 0 Å². The molecule has 0 saturated carbocycles. The molecule has 4 heterocycles. The van der Waals surface area contributed by atoms with Crippen LogP contribution in [0.4, 0.5) is 34.6 Å². The van der Waals surface area contributed by atoms with E-state index in [4.69, 9.17) is 15.0 Å². The summed E-state index contributed by atoms with van der Waals surface area (Å²) in [6.45, 7) is 0. The molecule has 0 N–H and O–H groups in total. The summed E-state index contributed by atoms with van der Waals surface area (Å²) in [5.74, 6) is 1.86. The number of fused-ring (bicyclic) bond motifs is 7. The maximum Gasteiger partial charge on any atom is 0.240 e. The van der Waals surface area contributed by atoms with Crippen molar-refractivity contribution < 1.29 is 0 Å². The van der Waals surface area contributed by atoms with Crippen molar-refractivity contribution in [2.24, 2.45) is 0 Å². The number of anilines is 6. The van der Waals surface area contributed by atoms with Crippen molar-refractivity contribution in [3.63, 3.8) is 0 Å². The van der Waals surface area contributed by atoms with Crippen molar-refractivity contribution in [1.29, 1.82) is 0 Å². The van der Waals surface area contributed by atoms with E-state index >= 15 is 0 Å². The number of thiophene rings is 1. The van der Waals surface area contributed by atoms with Gasteiger partial charge in [0.05, 0.1) is 22.7 Å². The minimum absolute atomic E-state index is 0.600. The Morgan fingerprint density at radius 2 is 0.872 bits per heavy atom. The van der Waals surface area contributed by atoms with Crippen LogP contribution in [0, 0.1) is 0 Å². The normalized spacial score (nSPS) is 13.3. The summed E-state index contributed by atoms with van der Waals surface area (Å²) in [5.41, 5.74) is 10.4. The zero-order chi connectivity index (χ0) is 30.9. The van der Waals surface area contributed by atoms with Gasteiger partial charge >= 0.3 is 0 Å². The second kappa shape index (κ2) is 10.3. The highest BCUT2D eigenvalue weighted by Gasteiger charge is 2.31. The van der Waals surface area contributed by atoms with E-state index in [2.05, 4.69) is 149 Å². The third-order valence-electron chi connectivity index (χ3n) is 9.35. The first kappa shape index (κ1) is 26.4. The van der Waals surface area contributed by atoms with Gasteiger partial charge in [-0.15, -0.1) is 11.3 Å². The number of aromatic nitrogens is 3. The Labute approximate surface area is 276 Å². The summed E-state index contributed by atoms with van der Waals surface area (Å²) >= 11 is 1.79. The number of nitrogens with zero attached hydrogens (tertiary/aromatic N) is 5. The largest absolute Gasteiger partial charge is 0.278 e. The topological polar surface area (TPSA) is 45.2 Å². The molecular formula is C41H27N5S. The van der Waals surface area contributed by atoms with E-state index in [1.54, 1.807) is 11.3 Å². The van der Waals surface area contributed by atoms with Crippen LogP contribution in [-0.2, 0) is 12.8 Å². The molecule has 2 aromatic heterocycles. The predicted molar refractivity (Wildman–Crippen MR) is 193 cm³/mol. The van der Waals surface area contributed by atoms with Crippen LogP contribution in [0.25, 0.3) is 31.6 Å². The van der Waals surface area contributed by atoms with E-state index in [-0.39, 0.29) is 0 Å². The second-order valence-corrected chi connectivity index (χ2v) is 13.1. The van der Waals surface area contributed by atoms with Gasteiger partial charge < -0.3 is 0 Å². The summed E-state index contributed by atoms with van der Waals surface area (Å²) in [6.07, 6.45) is 1.73. The molecule has 0 spiro atoms. The minimum atomic E-state index is 0.600. The van der Waals surface area contributed by atoms with Gasteiger partial charge in [0.25, 0.3) is 0 Å². The zero-order valence-corrected chi connectivity index (χ0v) is 26.2. The van der Waals surface area contributed by atoms with E-state index in [0.717, 1.165) is 41.2 Å². The molecule has 222 valence electrons. The standard InChI is InChI=1S/C41H27N5S/c1-6-19-33-26(12-1)24-27-13-2-7-20-34(27)45(33)40-42-39(32-18-11-17-31-30-16-5-10-23-37(30)47-38(31)32)43-41(44-40)46-35-21-8-3-14-28(35)25-29-15-4-9-22-36(29)46/h1-23H,24-25H2. The Hall–Kier alpha value is -5.85. The van der Waals surface area contributed by atoms with Crippen molar-refractivity contribution in [3.8, 4) is 11.4 Å². The molecule has 0 saturated heterocycles. The predicted octanol–water partition coefficient (Wildman–Crippen LogP) is 10.7. The van der Waals surface area contributed by atoms with Crippen LogP contribution >= 0.6 is 11.3 Å². The molecule has 8 aromatic rings. The van der Waals surface area contributed by atoms with Crippen molar-refractivity contribution in [2.75, 3.05) is 9.80 Å². The van der Waals surface area contributed by atoms with Gasteiger partial charge in [0.2, 0.25) is 11.9 Å². The Morgan fingerprint density at radius 3 is 1.40 bits per heavy atom. The van der Waals surface area contributed by atoms with E-state index in [1.807, 2.05) is 0 Å². The molecule has 10 rings (SSSR count). The minimum Gasteiger partial charge on any atom is -0.278 e. The van der Waals surface area contributed by atoms with Crippen LogP contribution in [0.2, 0.25) is 0 Å². The first-order valence-corrected chi connectivity index (χ1v) is 16.7. The molecule has 0 bridgehead atoms. The molecule has 0 fully saturated rings.